The number of hydrogen-bond acceptors (Lipinski definition) is 4. The van der Waals surface area contributed by atoms with Gasteiger partial charge in [0.1, 0.15) is 18.0 Å². The predicted molar refractivity (Wildman–Crippen MR) is 68.0 cm³/mol. The van der Waals surface area contributed by atoms with Crippen LogP contribution in [0.3, 0.4) is 0 Å². The first-order chi connectivity index (χ1) is 8.59. The monoisotopic (exact) mass is 253 g/mol. The first-order valence-corrected chi connectivity index (χ1v) is 6.75. The van der Waals surface area contributed by atoms with Crippen molar-refractivity contribution in [3.05, 3.63) is 12.2 Å². The molecule has 1 aliphatic rings. The Morgan fingerprint density at radius 3 is 2.72 bits per heavy atom. The minimum Gasteiger partial charge on any atom is -0.382 e. The number of hydrogen-bond donors (Lipinski definition) is 1. The molecule has 102 valence electrons. The second-order valence-electron chi connectivity index (χ2n) is 5.32. The standard InChI is InChI=1S/C13H23N3O2/c1-4-18-13(7-5-10(2)6-8-13)11(17)12-14-9-15-16(12)3/h9-11,17H,4-8H2,1-3H3. The van der Waals surface area contributed by atoms with Crippen molar-refractivity contribution in [2.24, 2.45) is 13.0 Å². The van der Waals surface area contributed by atoms with Crippen LogP contribution >= 0.6 is 0 Å². The molecule has 0 radical (unpaired) electrons. The van der Waals surface area contributed by atoms with Crippen molar-refractivity contribution in [2.75, 3.05) is 6.61 Å². The highest BCUT2D eigenvalue weighted by molar-refractivity contribution is 5.03. The minimum absolute atomic E-state index is 0.484. The van der Waals surface area contributed by atoms with Crippen LogP contribution in [0.25, 0.3) is 0 Å². The van der Waals surface area contributed by atoms with Gasteiger partial charge >= 0.3 is 0 Å². The maximum Gasteiger partial charge on any atom is 0.158 e. The molecule has 2 rings (SSSR count). The summed E-state index contributed by atoms with van der Waals surface area (Å²) in [5.74, 6) is 1.31. The second-order valence-corrected chi connectivity index (χ2v) is 5.32. The van der Waals surface area contributed by atoms with Crippen LogP contribution in [0.15, 0.2) is 6.33 Å². The lowest BCUT2D eigenvalue weighted by Crippen LogP contribution is -2.43. The Kier molecular flexibility index (Phi) is 4.02. The number of aromatic nitrogens is 3. The largest absolute Gasteiger partial charge is 0.382 e. The molecule has 0 aliphatic heterocycles. The lowest BCUT2D eigenvalue weighted by atomic mass is 9.76. The van der Waals surface area contributed by atoms with Crippen LogP contribution in [-0.4, -0.2) is 32.1 Å². The van der Waals surface area contributed by atoms with Crippen LogP contribution in [0, 0.1) is 5.92 Å². The maximum absolute atomic E-state index is 10.6. The molecule has 0 bridgehead atoms. The number of aryl methyl sites for hydroxylation is 1. The highest BCUT2D eigenvalue weighted by Gasteiger charge is 2.43. The van der Waals surface area contributed by atoms with E-state index in [1.807, 2.05) is 6.92 Å². The molecule has 1 fully saturated rings. The highest BCUT2D eigenvalue weighted by Crippen LogP contribution is 2.42. The Balaban J connectivity index is 2.22. The smallest absolute Gasteiger partial charge is 0.158 e. The van der Waals surface area contributed by atoms with Crippen LogP contribution in [0.1, 0.15) is 51.5 Å². The Morgan fingerprint density at radius 1 is 1.56 bits per heavy atom. The van der Waals surface area contributed by atoms with Crippen molar-refractivity contribution < 1.29 is 9.84 Å². The summed E-state index contributed by atoms with van der Waals surface area (Å²) < 4.78 is 7.56. The Labute approximate surface area is 108 Å². The molecule has 1 saturated carbocycles. The number of ether oxygens (including phenoxy) is 1. The van der Waals surface area contributed by atoms with E-state index in [-0.39, 0.29) is 0 Å². The second kappa shape index (κ2) is 5.36. The number of nitrogens with zero attached hydrogens (tertiary/aromatic N) is 3. The Hall–Kier alpha value is -0.940. The molecular weight excluding hydrogens is 230 g/mol. The van der Waals surface area contributed by atoms with Crippen LogP contribution in [0.2, 0.25) is 0 Å². The van der Waals surface area contributed by atoms with Crippen molar-refractivity contribution in [2.45, 2.75) is 51.2 Å². The zero-order chi connectivity index (χ0) is 13.2. The first-order valence-electron chi connectivity index (χ1n) is 6.75. The molecule has 1 heterocycles. The van der Waals surface area contributed by atoms with Gasteiger partial charge in [-0.3, -0.25) is 4.68 Å². The molecule has 0 spiro atoms. The third kappa shape index (κ3) is 2.42. The molecule has 5 heteroatoms. The zero-order valence-corrected chi connectivity index (χ0v) is 11.5. The van der Waals surface area contributed by atoms with Gasteiger partial charge < -0.3 is 9.84 Å². The first kappa shape index (κ1) is 13.5. The summed E-state index contributed by atoms with van der Waals surface area (Å²) in [6, 6.07) is 0. The molecule has 0 amide bonds. The van der Waals surface area contributed by atoms with Crippen LogP contribution in [-0.2, 0) is 11.8 Å². The van der Waals surface area contributed by atoms with E-state index in [1.54, 1.807) is 11.7 Å². The zero-order valence-electron chi connectivity index (χ0n) is 11.5. The summed E-state index contributed by atoms with van der Waals surface area (Å²) in [4.78, 5) is 4.16. The van der Waals surface area contributed by atoms with Gasteiger partial charge in [0.05, 0.1) is 0 Å². The average molecular weight is 253 g/mol. The maximum atomic E-state index is 10.6. The lowest BCUT2D eigenvalue weighted by molar-refractivity contribution is -0.150. The van der Waals surface area contributed by atoms with Gasteiger partial charge in [-0.25, -0.2) is 4.98 Å². The molecule has 1 aliphatic carbocycles. The van der Waals surface area contributed by atoms with Crippen molar-refractivity contribution in [3.8, 4) is 0 Å². The third-order valence-electron chi connectivity index (χ3n) is 4.04. The topological polar surface area (TPSA) is 60.2 Å². The van der Waals surface area contributed by atoms with Crippen molar-refractivity contribution in [1.82, 2.24) is 14.8 Å². The van der Waals surface area contributed by atoms with E-state index in [0.29, 0.717) is 18.3 Å². The summed E-state index contributed by atoms with van der Waals surface area (Å²) >= 11 is 0. The molecule has 1 aromatic heterocycles. The van der Waals surface area contributed by atoms with E-state index >= 15 is 0 Å². The Bertz CT molecular complexity index is 383. The predicted octanol–water partition coefficient (Wildman–Crippen LogP) is 1.83. The summed E-state index contributed by atoms with van der Waals surface area (Å²) in [5.41, 5.74) is -0.484. The normalized spacial score (nSPS) is 30.3. The number of aliphatic hydroxyl groups excluding tert-OH is 1. The number of rotatable bonds is 4. The van der Waals surface area contributed by atoms with Gasteiger partial charge in [0.2, 0.25) is 0 Å². The van der Waals surface area contributed by atoms with Crippen molar-refractivity contribution in [1.29, 1.82) is 0 Å². The molecule has 1 unspecified atom stereocenters. The van der Waals surface area contributed by atoms with Gasteiger partial charge in [-0.15, -0.1) is 0 Å². The van der Waals surface area contributed by atoms with E-state index < -0.39 is 11.7 Å². The molecule has 0 aromatic carbocycles. The molecule has 5 nitrogen and oxygen atoms in total. The highest BCUT2D eigenvalue weighted by atomic mass is 16.5. The fourth-order valence-electron chi connectivity index (χ4n) is 2.82. The van der Waals surface area contributed by atoms with Crippen molar-refractivity contribution in [3.63, 3.8) is 0 Å². The SMILES string of the molecule is CCOC1(C(O)c2ncnn2C)CCC(C)CC1. The van der Waals surface area contributed by atoms with Crippen LogP contribution in [0.4, 0.5) is 0 Å². The van der Waals surface area contributed by atoms with Gasteiger partial charge in [-0.1, -0.05) is 6.92 Å². The summed E-state index contributed by atoms with van der Waals surface area (Å²) in [5, 5.41) is 14.7. The lowest BCUT2D eigenvalue weighted by Gasteiger charge is -2.41. The third-order valence-corrected chi connectivity index (χ3v) is 4.04. The molecule has 1 N–H and O–H groups in total. The molecular formula is C13H23N3O2. The Morgan fingerprint density at radius 2 is 2.22 bits per heavy atom. The fraction of sp³-hybridized carbons (Fsp3) is 0.846. The quantitative estimate of drug-likeness (QED) is 0.889. The molecule has 1 atom stereocenters. The van der Waals surface area contributed by atoms with Crippen molar-refractivity contribution >= 4 is 0 Å². The average Bonchev–Trinajstić information content (AvgIpc) is 2.78. The fourth-order valence-corrected chi connectivity index (χ4v) is 2.82. The van der Waals surface area contributed by atoms with E-state index in [2.05, 4.69) is 17.0 Å². The number of aliphatic hydroxyl groups is 1. The van der Waals surface area contributed by atoms with Gasteiger partial charge in [0.25, 0.3) is 0 Å². The molecule has 1 aromatic rings. The van der Waals surface area contributed by atoms with Gasteiger partial charge in [-0.2, -0.15) is 5.10 Å². The van der Waals surface area contributed by atoms with Gasteiger partial charge in [0, 0.05) is 13.7 Å². The summed E-state index contributed by atoms with van der Waals surface area (Å²) in [7, 11) is 1.80. The summed E-state index contributed by atoms with van der Waals surface area (Å²) in [6.45, 7) is 4.84. The van der Waals surface area contributed by atoms with Crippen LogP contribution in [0.5, 0.6) is 0 Å². The van der Waals surface area contributed by atoms with Gasteiger partial charge in [0.15, 0.2) is 5.82 Å². The van der Waals surface area contributed by atoms with Gasteiger partial charge in [-0.05, 0) is 38.5 Å². The minimum atomic E-state index is -0.697. The van der Waals surface area contributed by atoms with E-state index in [0.717, 1.165) is 25.7 Å². The molecule has 18 heavy (non-hydrogen) atoms. The molecule has 0 saturated heterocycles. The summed E-state index contributed by atoms with van der Waals surface area (Å²) in [6.07, 6.45) is 4.73. The van der Waals surface area contributed by atoms with Crippen LogP contribution < -0.4 is 0 Å². The van der Waals surface area contributed by atoms with E-state index in [9.17, 15) is 5.11 Å². The van der Waals surface area contributed by atoms with E-state index in [4.69, 9.17) is 4.74 Å². The van der Waals surface area contributed by atoms with E-state index in [1.165, 1.54) is 6.33 Å².